The molecule has 0 spiro atoms. The van der Waals surface area contributed by atoms with Gasteiger partial charge in [0.15, 0.2) is 17.3 Å². The van der Waals surface area contributed by atoms with Gasteiger partial charge in [-0.2, -0.15) is 0 Å². The van der Waals surface area contributed by atoms with Gasteiger partial charge in [-0.1, -0.05) is 66.7 Å². The van der Waals surface area contributed by atoms with Crippen molar-refractivity contribution in [1.29, 1.82) is 0 Å². The third-order valence-electron chi connectivity index (χ3n) is 8.01. The van der Waals surface area contributed by atoms with Crippen molar-refractivity contribution < 1.29 is 19.1 Å². The molecular formula is C32H32N4O4. The molecule has 3 aromatic carbocycles. The van der Waals surface area contributed by atoms with Crippen molar-refractivity contribution in [2.75, 3.05) is 25.0 Å². The van der Waals surface area contributed by atoms with Crippen LogP contribution in [-0.4, -0.2) is 52.4 Å². The highest BCUT2D eigenvalue weighted by Gasteiger charge is 2.35. The largest absolute Gasteiger partial charge is 0.420 e. The lowest BCUT2D eigenvalue weighted by Crippen LogP contribution is -2.42. The fourth-order valence-corrected chi connectivity index (χ4v) is 5.78. The minimum absolute atomic E-state index is 0.108. The number of anilines is 1. The van der Waals surface area contributed by atoms with Gasteiger partial charge in [0, 0.05) is 50.0 Å². The van der Waals surface area contributed by atoms with Gasteiger partial charge in [0.2, 0.25) is 0 Å². The molecule has 1 fully saturated rings. The van der Waals surface area contributed by atoms with E-state index in [1.54, 1.807) is 18.0 Å². The molecule has 6 rings (SSSR count). The lowest BCUT2D eigenvalue weighted by Gasteiger charge is -2.32. The van der Waals surface area contributed by atoms with Gasteiger partial charge in [-0.15, -0.1) is 0 Å². The molecule has 1 aromatic heterocycles. The van der Waals surface area contributed by atoms with Crippen LogP contribution in [0.25, 0.3) is 10.8 Å². The number of likely N-dealkylation sites (tertiary alicyclic amines) is 1. The minimum atomic E-state index is -0.604. The Morgan fingerprint density at radius 3 is 2.40 bits per heavy atom. The number of amides is 2. The molecule has 2 aliphatic rings. The number of nitrogens with zero attached hydrogens (tertiary/aromatic N) is 4. The van der Waals surface area contributed by atoms with Gasteiger partial charge in [-0.25, -0.2) is 9.78 Å². The van der Waals surface area contributed by atoms with Crippen LogP contribution < -0.4 is 9.64 Å². The summed E-state index contributed by atoms with van der Waals surface area (Å²) in [5.41, 5.74) is 1.13. The van der Waals surface area contributed by atoms with Crippen molar-refractivity contribution in [3.8, 4) is 5.75 Å². The molecule has 0 aliphatic carbocycles. The maximum absolute atomic E-state index is 14.0. The van der Waals surface area contributed by atoms with E-state index in [1.165, 1.54) is 4.90 Å². The number of imidazole rings is 1. The predicted molar refractivity (Wildman–Crippen MR) is 153 cm³/mol. The summed E-state index contributed by atoms with van der Waals surface area (Å²) in [7, 11) is 1.60. The average molecular weight is 537 g/mol. The SMILES string of the molecule is CN(C(=O)Oc1cccc2ccccc12)c1nc2n(c1C(=O)N1CCC(C(=O)c3ccccc3)CC1)CCCC2. The van der Waals surface area contributed by atoms with Crippen molar-refractivity contribution >= 4 is 34.4 Å². The van der Waals surface area contributed by atoms with Gasteiger partial charge >= 0.3 is 6.09 Å². The zero-order valence-electron chi connectivity index (χ0n) is 22.6. The van der Waals surface area contributed by atoms with Crippen LogP contribution in [0.1, 0.15) is 52.4 Å². The van der Waals surface area contributed by atoms with Gasteiger partial charge in [0.05, 0.1) is 0 Å². The number of aryl methyl sites for hydroxylation is 1. The third-order valence-corrected chi connectivity index (χ3v) is 8.01. The van der Waals surface area contributed by atoms with E-state index in [1.807, 2.05) is 71.3 Å². The second-order valence-electron chi connectivity index (χ2n) is 10.5. The lowest BCUT2D eigenvalue weighted by atomic mass is 9.89. The molecular weight excluding hydrogens is 504 g/mol. The van der Waals surface area contributed by atoms with E-state index in [9.17, 15) is 14.4 Å². The fraction of sp³-hybridized carbons (Fsp3) is 0.312. The van der Waals surface area contributed by atoms with E-state index < -0.39 is 6.09 Å². The normalized spacial score (nSPS) is 15.5. The number of piperidine rings is 1. The van der Waals surface area contributed by atoms with Crippen LogP contribution in [0, 0.1) is 5.92 Å². The van der Waals surface area contributed by atoms with E-state index in [0.717, 1.165) is 35.9 Å². The summed E-state index contributed by atoms with van der Waals surface area (Å²) in [5.74, 6) is 1.44. The number of hydrogen-bond acceptors (Lipinski definition) is 5. The van der Waals surface area contributed by atoms with Crippen molar-refractivity contribution in [2.24, 2.45) is 5.92 Å². The monoisotopic (exact) mass is 536 g/mol. The number of carbonyl (C=O) groups is 3. The van der Waals surface area contributed by atoms with Gasteiger partial charge < -0.3 is 14.2 Å². The van der Waals surface area contributed by atoms with Crippen LogP contribution in [0.3, 0.4) is 0 Å². The van der Waals surface area contributed by atoms with Crippen molar-refractivity contribution in [1.82, 2.24) is 14.5 Å². The first kappa shape index (κ1) is 25.8. The summed E-state index contributed by atoms with van der Waals surface area (Å²) in [5, 5.41) is 1.80. The zero-order valence-corrected chi connectivity index (χ0v) is 22.6. The van der Waals surface area contributed by atoms with Gasteiger partial charge in [0.1, 0.15) is 11.6 Å². The van der Waals surface area contributed by atoms with Crippen LogP contribution in [0.4, 0.5) is 10.6 Å². The Bertz CT molecular complexity index is 1570. The summed E-state index contributed by atoms with van der Waals surface area (Å²) in [4.78, 5) is 48.2. The van der Waals surface area contributed by atoms with E-state index >= 15 is 0 Å². The number of benzene rings is 3. The maximum Gasteiger partial charge on any atom is 0.420 e. The standard InChI is InChI=1S/C32H32N4O4/c1-34(32(39)40-26-15-9-13-22-10-5-6-14-25(22)26)30-28(36-19-8-7-16-27(36)33-30)31(38)35-20-17-24(18-21-35)29(37)23-11-3-2-4-12-23/h2-6,9-15,24H,7-8,16-21H2,1H3. The molecule has 8 heteroatoms. The van der Waals surface area contributed by atoms with Crippen LogP contribution in [0.15, 0.2) is 72.8 Å². The summed E-state index contributed by atoms with van der Waals surface area (Å²) < 4.78 is 7.78. The predicted octanol–water partition coefficient (Wildman–Crippen LogP) is 5.74. The first-order valence-electron chi connectivity index (χ1n) is 13.9. The van der Waals surface area contributed by atoms with E-state index in [4.69, 9.17) is 9.72 Å². The number of carbonyl (C=O) groups excluding carboxylic acids is 3. The second kappa shape index (κ2) is 11.0. The van der Waals surface area contributed by atoms with Crippen LogP contribution in [0.2, 0.25) is 0 Å². The molecule has 0 saturated carbocycles. The topological polar surface area (TPSA) is 84.7 Å². The van der Waals surface area contributed by atoms with Crippen molar-refractivity contribution in [3.63, 3.8) is 0 Å². The summed E-state index contributed by atoms with van der Waals surface area (Å²) in [6, 6.07) is 22.6. The van der Waals surface area contributed by atoms with E-state index in [2.05, 4.69) is 0 Å². The molecule has 0 N–H and O–H groups in total. The maximum atomic E-state index is 14.0. The highest BCUT2D eigenvalue weighted by Crippen LogP contribution is 2.31. The van der Waals surface area contributed by atoms with Crippen LogP contribution in [-0.2, 0) is 13.0 Å². The number of ketones is 1. The lowest BCUT2D eigenvalue weighted by molar-refractivity contribution is 0.0641. The smallest absolute Gasteiger partial charge is 0.409 e. The Morgan fingerprint density at radius 2 is 1.60 bits per heavy atom. The van der Waals surface area contributed by atoms with Gasteiger partial charge in [-0.3, -0.25) is 14.5 Å². The molecule has 0 radical (unpaired) electrons. The van der Waals surface area contributed by atoms with Crippen molar-refractivity contribution in [3.05, 3.63) is 89.9 Å². The summed E-state index contributed by atoms with van der Waals surface area (Å²) >= 11 is 0. The highest BCUT2D eigenvalue weighted by molar-refractivity contribution is 6.02. The van der Waals surface area contributed by atoms with Gasteiger partial charge in [0.25, 0.3) is 5.91 Å². The van der Waals surface area contributed by atoms with E-state index in [0.29, 0.717) is 55.3 Å². The first-order valence-corrected chi connectivity index (χ1v) is 13.9. The Kier molecular flexibility index (Phi) is 7.07. The molecule has 3 heterocycles. The molecule has 8 nitrogen and oxygen atoms in total. The van der Waals surface area contributed by atoms with E-state index in [-0.39, 0.29) is 17.6 Å². The molecule has 0 unspecified atom stereocenters. The molecule has 2 amide bonds. The number of Topliss-reactive ketones (excluding diaryl/α,β-unsaturated/α-hetero) is 1. The molecule has 4 aromatic rings. The Hall–Kier alpha value is -4.46. The Labute approximate surface area is 233 Å². The Balaban J connectivity index is 1.23. The Morgan fingerprint density at radius 1 is 0.875 bits per heavy atom. The zero-order chi connectivity index (χ0) is 27.6. The van der Waals surface area contributed by atoms with Crippen molar-refractivity contribution in [2.45, 2.75) is 38.6 Å². The molecule has 204 valence electrons. The molecule has 0 bridgehead atoms. The number of ether oxygens (including phenoxy) is 1. The third kappa shape index (κ3) is 4.85. The van der Waals surface area contributed by atoms with Crippen LogP contribution in [0.5, 0.6) is 5.75 Å². The van der Waals surface area contributed by atoms with Crippen LogP contribution >= 0.6 is 0 Å². The number of aromatic nitrogens is 2. The number of rotatable bonds is 5. The van der Waals surface area contributed by atoms with Gasteiger partial charge in [-0.05, 0) is 37.1 Å². The number of fused-ring (bicyclic) bond motifs is 2. The minimum Gasteiger partial charge on any atom is -0.409 e. The summed E-state index contributed by atoms with van der Waals surface area (Å²) in [6.07, 6.45) is 3.29. The molecule has 0 atom stereocenters. The fourth-order valence-electron chi connectivity index (χ4n) is 5.78. The highest BCUT2D eigenvalue weighted by atomic mass is 16.6. The quantitative estimate of drug-likeness (QED) is 0.304. The molecule has 1 saturated heterocycles. The average Bonchev–Trinajstić information content (AvgIpc) is 3.40. The first-order chi connectivity index (χ1) is 19.5. The molecule has 40 heavy (non-hydrogen) atoms. The number of hydrogen-bond donors (Lipinski definition) is 0. The second-order valence-corrected chi connectivity index (χ2v) is 10.5. The summed E-state index contributed by atoms with van der Waals surface area (Å²) in [6.45, 7) is 1.64. The molecule has 2 aliphatic heterocycles.